The van der Waals surface area contributed by atoms with E-state index in [2.05, 4.69) is 15.8 Å². The van der Waals surface area contributed by atoms with Gasteiger partial charge in [0, 0.05) is 22.4 Å². The highest BCUT2D eigenvalue weighted by Crippen LogP contribution is 2.32. The van der Waals surface area contributed by atoms with Gasteiger partial charge in [-0.15, -0.1) is 0 Å². The number of rotatable bonds is 8. The summed E-state index contributed by atoms with van der Waals surface area (Å²) in [5.74, 6) is -1.69. The number of nitrogens with zero attached hydrogens (tertiary/aromatic N) is 1. The number of nitrogens with one attached hydrogen (secondary N) is 2. The molecular weight excluding hydrogens is 426 g/mol. The number of carbonyl (C=O) groups excluding carboxylic acids is 2. The van der Waals surface area contributed by atoms with E-state index >= 15 is 0 Å². The summed E-state index contributed by atoms with van der Waals surface area (Å²) in [6, 6.07) is 18.0. The molecule has 0 aliphatic carbocycles. The van der Waals surface area contributed by atoms with Gasteiger partial charge in [-0.2, -0.15) is 5.10 Å². The molecule has 0 aliphatic heterocycles. The van der Waals surface area contributed by atoms with E-state index in [0.29, 0.717) is 16.8 Å². The number of hydrogen-bond acceptors (Lipinski definition) is 6. The molecule has 0 fully saturated rings. The Kier molecular flexibility index (Phi) is 7.38. The van der Waals surface area contributed by atoms with Crippen LogP contribution in [0.1, 0.15) is 36.6 Å². The number of benzene rings is 3. The second kappa shape index (κ2) is 10.6. The van der Waals surface area contributed by atoms with Crippen molar-refractivity contribution in [2.75, 3.05) is 19.5 Å². The first-order chi connectivity index (χ1) is 15.9. The zero-order chi connectivity index (χ0) is 23.8. The average molecular weight is 447 g/mol. The lowest BCUT2D eigenvalue weighted by Crippen LogP contribution is -2.18. The summed E-state index contributed by atoms with van der Waals surface area (Å²) in [4.78, 5) is 36.2. The van der Waals surface area contributed by atoms with Crippen LogP contribution in [0.5, 0.6) is 11.5 Å². The highest BCUT2D eigenvalue weighted by Gasteiger charge is 2.20. The summed E-state index contributed by atoms with van der Waals surface area (Å²) >= 11 is 0. The van der Waals surface area contributed by atoms with E-state index in [4.69, 9.17) is 9.47 Å². The van der Waals surface area contributed by atoms with Crippen molar-refractivity contribution in [1.82, 2.24) is 5.43 Å². The van der Waals surface area contributed by atoms with Crippen molar-refractivity contribution in [3.8, 4) is 11.5 Å². The van der Waals surface area contributed by atoms with Gasteiger partial charge in [0.1, 0.15) is 5.56 Å². The third-order valence-electron chi connectivity index (χ3n) is 4.60. The fourth-order valence-electron chi connectivity index (χ4n) is 2.99. The van der Waals surface area contributed by atoms with E-state index < -0.39 is 11.9 Å². The number of aromatic carboxylic acids is 1. The summed E-state index contributed by atoms with van der Waals surface area (Å²) in [5, 5.41) is 16.1. The summed E-state index contributed by atoms with van der Waals surface area (Å²) < 4.78 is 10.3. The van der Waals surface area contributed by atoms with Crippen molar-refractivity contribution < 1.29 is 29.0 Å². The molecule has 0 radical (unpaired) electrons. The molecule has 0 heterocycles. The van der Waals surface area contributed by atoms with E-state index in [1.54, 1.807) is 36.4 Å². The molecule has 3 rings (SSSR count). The van der Waals surface area contributed by atoms with Gasteiger partial charge >= 0.3 is 5.97 Å². The third kappa shape index (κ3) is 5.53. The van der Waals surface area contributed by atoms with E-state index in [9.17, 15) is 19.5 Å². The normalized spacial score (nSPS) is 10.5. The Hall–Kier alpha value is -4.66. The number of anilines is 1. The molecule has 3 aromatic carbocycles. The summed E-state index contributed by atoms with van der Waals surface area (Å²) in [7, 11) is 2.73. The van der Waals surface area contributed by atoms with Gasteiger partial charge in [-0.1, -0.05) is 18.2 Å². The molecule has 0 spiro atoms. The standard InChI is InChI=1S/C24H21N3O6/c1-32-19-13-10-17(20(24(30)31)21(19)33-2)14-25-27-23(29)16-8-11-18(12-9-16)26-22(28)15-6-4-3-5-7-15/h3-14H,1-2H3,(H,26,28)(H,27,29)(H,30,31)/b25-14+. The van der Waals surface area contributed by atoms with Crippen LogP contribution in [0.4, 0.5) is 5.69 Å². The maximum atomic E-state index is 12.4. The number of carboxylic acid groups (broad SMARTS) is 1. The number of amides is 2. The van der Waals surface area contributed by atoms with Crippen LogP contribution in [0.2, 0.25) is 0 Å². The predicted octanol–water partition coefficient (Wildman–Crippen LogP) is 3.42. The van der Waals surface area contributed by atoms with Gasteiger partial charge in [-0.25, -0.2) is 10.2 Å². The SMILES string of the molecule is COc1ccc(/C=N/NC(=O)c2ccc(NC(=O)c3ccccc3)cc2)c(C(=O)O)c1OC. The van der Waals surface area contributed by atoms with Crippen molar-refractivity contribution in [3.63, 3.8) is 0 Å². The van der Waals surface area contributed by atoms with E-state index in [1.807, 2.05) is 6.07 Å². The molecule has 0 saturated heterocycles. The largest absolute Gasteiger partial charge is 0.493 e. The highest BCUT2D eigenvalue weighted by molar-refractivity contribution is 6.05. The minimum Gasteiger partial charge on any atom is -0.493 e. The van der Waals surface area contributed by atoms with Crippen molar-refractivity contribution >= 4 is 29.7 Å². The molecule has 9 heteroatoms. The number of ether oxygens (including phenoxy) is 2. The second-order valence-corrected chi connectivity index (χ2v) is 6.67. The first kappa shape index (κ1) is 23.0. The zero-order valence-electron chi connectivity index (χ0n) is 17.9. The Morgan fingerprint density at radius 3 is 2.12 bits per heavy atom. The van der Waals surface area contributed by atoms with Gasteiger partial charge < -0.3 is 19.9 Å². The summed E-state index contributed by atoms with van der Waals surface area (Å²) in [6.07, 6.45) is 1.21. The van der Waals surface area contributed by atoms with Crippen molar-refractivity contribution in [2.24, 2.45) is 5.10 Å². The lowest BCUT2D eigenvalue weighted by atomic mass is 10.1. The number of methoxy groups -OCH3 is 2. The van der Waals surface area contributed by atoms with Crippen molar-refractivity contribution in [2.45, 2.75) is 0 Å². The Morgan fingerprint density at radius 2 is 1.52 bits per heavy atom. The third-order valence-corrected chi connectivity index (χ3v) is 4.60. The van der Waals surface area contributed by atoms with Crippen LogP contribution < -0.4 is 20.2 Å². The molecule has 33 heavy (non-hydrogen) atoms. The highest BCUT2D eigenvalue weighted by atomic mass is 16.5. The van der Waals surface area contributed by atoms with Crippen LogP contribution in [0.25, 0.3) is 0 Å². The Balaban J connectivity index is 1.67. The zero-order valence-corrected chi connectivity index (χ0v) is 17.9. The molecule has 0 aromatic heterocycles. The lowest BCUT2D eigenvalue weighted by Gasteiger charge is -2.12. The quantitative estimate of drug-likeness (QED) is 0.359. The van der Waals surface area contributed by atoms with E-state index in [-0.39, 0.29) is 28.5 Å². The molecule has 0 aliphatic rings. The molecule has 0 bridgehead atoms. The molecular formula is C24H21N3O6. The monoisotopic (exact) mass is 447 g/mol. The molecule has 3 N–H and O–H groups in total. The number of hydrogen-bond donors (Lipinski definition) is 3. The Bertz CT molecular complexity index is 1190. The van der Waals surface area contributed by atoms with Gasteiger partial charge in [-0.05, 0) is 48.5 Å². The number of carboxylic acids is 1. The van der Waals surface area contributed by atoms with Gasteiger partial charge in [0.2, 0.25) is 0 Å². The molecule has 9 nitrogen and oxygen atoms in total. The summed E-state index contributed by atoms with van der Waals surface area (Å²) in [5.41, 5.74) is 3.77. The fourth-order valence-corrected chi connectivity index (χ4v) is 2.99. The topological polar surface area (TPSA) is 126 Å². The minimum atomic E-state index is -1.23. The van der Waals surface area contributed by atoms with E-state index in [0.717, 1.165) is 0 Å². The minimum absolute atomic E-state index is 0.0495. The van der Waals surface area contributed by atoms with E-state index in [1.165, 1.54) is 44.7 Å². The Morgan fingerprint density at radius 1 is 0.848 bits per heavy atom. The predicted molar refractivity (Wildman–Crippen MR) is 122 cm³/mol. The smallest absolute Gasteiger partial charge is 0.340 e. The average Bonchev–Trinajstić information content (AvgIpc) is 2.84. The molecule has 2 amide bonds. The van der Waals surface area contributed by atoms with Crippen LogP contribution in [-0.2, 0) is 0 Å². The molecule has 0 atom stereocenters. The van der Waals surface area contributed by atoms with Crippen LogP contribution in [-0.4, -0.2) is 43.3 Å². The van der Waals surface area contributed by atoms with Gasteiger partial charge in [0.25, 0.3) is 11.8 Å². The van der Waals surface area contributed by atoms with Crippen LogP contribution in [0.3, 0.4) is 0 Å². The molecule has 3 aromatic rings. The van der Waals surface area contributed by atoms with Crippen molar-refractivity contribution in [1.29, 1.82) is 0 Å². The number of carbonyl (C=O) groups is 3. The van der Waals surface area contributed by atoms with Gasteiger partial charge in [0.05, 0.1) is 20.4 Å². The van der Waals surface area contributed by atoms with Crippen LogP contribution in [0.15, 0.2) is 71.8 Å². The van der Waals surface area contributed by atoms with Crippen molar-refractivity contribution in [3.05, 3.63) is 89.0 Å². The summed E-state index contributed by atoms with van der Waals surface area (Å²) in [6.45, 7) is 0. The van der Waals surface area contributed by atoms with Crippen LogP contribution in [0, 0.1) is 0 Å². The molecule has 0 saturated carbocycles. The maximum absolute atomic E-state index is 12.4. The first-order valence-corrected chi connectivity index (χ1v) is 9.72. The maximum Gasteiger partial charge on any atom is 0.340 e. The molecule has 0 unspecified atom stereocenters. The Labute approximate surface area is 189 Å². The molecule has 168 valence electrons. The first-order valence-electron chi connectivity index (χ1n) is 9.72. The number of hydrazone groups is 1. The van der Waals surface area contributed by atoms with Crippen LogP contribution >= 0.6 is 0 Å². The lowest BCUT2D eigenvalue weighted by molar-refractivity contribution is 0.0692. The van der Waals surface area contributed by atoms with Gasteiger partial charge in [-0.3, -0.25) is 9.59 Å². The second-order valence-electron chi connectivity index (χ2n) is 6.67. The van der Waals surface area contributed by atoms with Gasteiger partial charge in [0.15, 0.2) is 11.5 Å². The fraction of sp³-hybridized carbons (Fsp3) is 0.0833.